The van der Waals surface area contributed by atoms with E-state index in [4.69, 9.17) is 14.8 Å². The molecular formula is C22H23BrN2O3S. The molecule has 5 nitrogen and oxygen atoms in total. The zero-order valence-corrected chi connectivity index (χ0v) is 18.8. The third-order valence-corrected chi connectivity index (χ3v) is 5.90. The van der Waals surface area contributed by atoms with Crippen LogP contribution >= 0.6 is 27.3 Å². The Balaban J connectivity index is 1.74. The lowest BCUT2D eigenvalue weighted by molar-refractivity contribution is -0.137. The van der Waals surface area contributed by atoms with Crippen molar-refractivity contribution in [2.45, 2.75) is 26.4 Å². The van der Waals surface area contributed by atoms with Gasteiger partial charge in [0.25, 0.3) is 0 Å². The Morgan fingerprint density at radius 2 is 2.00 bits per heavy atom. The number of hydrogen-bond donors (Lipinski definition) is 1. The van der Waals surface area contributed by atoms with E-state index in [0.29, 0.717) is 19.6 Å². The summed E-state index contributed by atoms with van der Waals surface area (Å²) in [5, 5.41) is 11.7. The van der Waals surface area contributed by atoms with Crippen molar-refractivity contribution in [2.24, 2.45) is 0 Å². The number of nitrogens with zero attached hydrogens (tertiary/aromatic N) is 2. The summed E-state index contributed by atoms with van der Waals surface area (Å²) in [6.45, 7) is 3.18. The quantitative estimate of drug-likeness (QED) is 0.426. The van der Waals surface area contributed by atoms with Crippen molar-refractivity contribution in [3.05, 3.63) is 63.4 Å². The van der Waals surface area contributed by atoms with Crippen LogP contribution in [0.2, 0.25) is 0 Å². The fourth-order valence-corrected chi connectivity index (χ4v) is 3.92. The van der Waals surface area contributed by atoms with Crippen molar-refractivity contribution in [3.63, 3.8) is 0 Å². The Hall–Kier alpha value is -2.38. The van der Waals surface area contributed by atoms with Gasteiger partial charge in [-0.3, -0.25) is 4.79 Å². The molecule has 0 fully saturated rings. The summed E-state index contributed by atoms with van der Waals surface area (Å²) in [5.74, 6) is 0.0226. The predicted octanol–water partition coefficient (Wildman–Crippen LogP) is 5.76. The van der Waals surface area contributed by atoms with Gasteiger partial charge in [-0.05, 0) is 43.2 Å². The molecule has 0 saturated heterocycles. The first kappa shape index (κ1) is 21.3. The number of rotatable bonds is 9. The van der Waals surface area contributed by atoms with Gasteiger partial charge in [0.15, 0.2) is 5.13 Å². The highest BCUT2D eigenvalue weighted by Crippen LogP contribution is 2.34. The topological polar surface area (TPSA) is 62.7 Å². The molecule has 0 aliphatic rings. The summed E-state index contributed by atoms with van der Waals surface area (Å²) >= 11 is 5.00. The number of benzene rings is 2. The highest BCUT2D eigenvalue weighted by Gasteiger charge is 2.13. The Morgan fingerprint density at radius 3 is 2.72 bits per heavy atom. The zero-order chi connectivity index (χ0) is 20.8. The third-order valence-electron chi connectivity index (χ3n) is 4.42. The first-order chi connectivity index (χ1) is 13.9. The highest BCUT2D eigenvalue weighted by atomic mass is 79.9. The van der Waals surface area contributed by atoms with Crippen LogP contribution in [0.5, 0.6) is 5.75 Å². The highest BCUT2D eigenvalue weighted by molar-refractivity contribution is 9.10. The molecule has 3 rings (SSSR count). The van der Waals surface area contributed by atoms with E-state index < -0.39 is 5.97 Å². The Morgan fingerprint density at radius 1 is 1.24 bits per heavy atom. The molecule has 0 bridgehead atoms. The van der Waals surface area contributed by atoms with Crippen LogP contribution in [0.25, 0.3) is 11.3 Å². The number of hydrogen-bond acceptors (Lipinski definition) is 5. The maximum absolute atomic E-state index is 10.7. The summed E-state index contributed by atoms with van der Waals surface area (Å²) in [6.07, 6.45) is 0.751. The van der Waals surface area contributed by atoms with Crippen molar-refractivity contribution >= 4 is 38.4 Å². The molecule has 3 aromatic rings. The molecule has 2 aromatic carbocycles. The molecule has 152 valence electrons. The van der Waals surface area contributed by atoms with Crippen LogP contribution in [0.4, 0.5) is 5.13 Å². The number of aliphatic carboxylic acids is 1. The van der Waals surface area contributed by atoms with Crippen molar-refractivity contribution in [3.8, 4) is 17.0 Å². The van der Waals surface area contributed by atoms with Crippen molar-refractivity contribution < 1.29 is 14.6 Å². The van der Waals surface area contributed by atoms with Gasteiger partial charge >= 0.3 is 5.97 Å². The van der Waals surface area contributed by atoms with E-state index in [1.807, 2.05) is 60.6 Å². The number of anilines is 1. The minimum Gasteiger partial charge on any atom is -0.488 e. The molecule has 0 atom stereocenters. The SMILES string of the molecule is Cc1ccc(OCc2ccc(Br)cc2)c(-c2csc(N(C)CCCC(=O)O)n2)c1. The van der Waals surface area contributed by atoms with Gasteiger partial charge in [0.1, 0.15) is 12.4 Å². The number of thiazole rings is 1. The molecule has 0 aliphatic heterocycles. The second kappa shape index (κ2) is 9.89. The van der Waals surface area contributed by atoms with Gasteiger partial charge < -0.3 is 14.7 Å². The van der Waals surface area contributed by atoms with Crippen LogP contribution in [-0.4, -0.2) is 29.7 Å². The van der Waals surface area contributed by atoms with Gasteiger partial charge in [0.2, 0.25) is 0 Å². The molecule has 1 aromatic heterocycles. The summed E-state index contributed by atoms with van der Waals surface area (Å²) in [7, 11) is 1.94. The molecule has 0 unspecified atom stereocenters. The zero-order valence-electron chi connectivity index (χ0n) is 16.4. The van der Waals surface area contributed by atoms with Crippen LogP contribution in [-0.2, 0) is 11.4 Å². The average molecular weight is 475 g/mol. The molecule has 0 radical (unpaired) electrons. The number of carbonyl (C=O) groups is 1. The maximum atomic E-state index is 10.7. The standard InChI is InChI=1S/C22H23BrN2O3S/c1-15-5-10-20(28-13-16-6-8-17(23)9-7-16)18(12-15)19-14-29-22(24-19)25(2)11-3-4-21(26)27/h5-10,12,14H,3-4,11,13H2,1-2H3,(H,26,27). The van der Waals surface area contributed by atoms with Gasteiger partial charge in [-0.15, -0.1) is 11.3 Å². The van der Waals surface area contributed by atoms with E-state index in [9.17, 15) is 4.79 Å². The molecule has 0 amide bonds. The molecular weight excluding hydrogens is 452 g/mol. The molecule has 7 heteroatoms. The van der Waals surface area contributed by atoms with Crippen LogP contribution < -0.4 is 9.64 Å². The first-order valence-corrected chi connectivity index (χ1v) is 11.0. The van der Waals surface area contributed by atoms with E-state index in [2.05, 4.69) is 22.0 Å². The van der Waals surface area contributed by atoms with Gasteiger partial charge in [-0.2, -0.15) is 0 Å². The van der Waals surface area contributed by atoms with Crippen molar-refractivity contribution in [1.29, 1.82) is 0 Å². The van der Waals surface area contributed by atoms with E-state index in [1.165, 1.54) is 0 Å². The Labute approximate surface area is 183 Å². The number of halogens is 1. The van der Waals surface area contributed by atoms with Gasteiger partial charge in [-0.1, -0.05) is 39.7 Å². The predicted molar refractivity (Wildman–Crippen MR) is 121 cm³/mol. The van der Waals surface area contributed by atoms with Gasteiger partial charge in [0.05, 0.1) is 5.69 Å². The lowest BCUT2D eigenvalue weighted by Crippen LogP contribution is -2.19. The maximum Gasteiger partial charge on any atom is 0.303 e. The number of aryl methyl sites for hydroxylation is 1. The lowest BCUT2D eigenvalue weighted by atomic mass is 10.1. The summed E-state index contributed by atoms with van der Waals surface area (Å²) in [6, 6.07) is 14.2. The fraction of sp³-hybridized carbons (Fsp3) is 0.273. The first-order valence-electron chi connectivity index (χ1n) is 9.29. The number of carboxylic acid groups (broad SMARTS) is 1. The lowest BCUT2D eigenvalue weighted by Gasteiger charge is -2.15. The number of carboxylic acids is 1. The van der Waals surface area contributed by atoms with Gasteiger partial charge in [0, 0.05) is 35.4 Å². The molecule has 0 spiro atoms. The van der Waals surface area contributed by atoms with Crippen LogP contribution in [0.3, 0.4) is 0 Å². The number of ether oxygens (including phenoxy) is 1. The smallest absolute Gasteiger partial charge is 0.303 e. The van der Waals surface area contributed by atoms with Crippen molar-refractivity contribution in [1.82, 2.24) is 4.98 Å². The molecule has 0 aliphatic carbocycles. The van der Waals surface area contributed by atoms with Gasteiger partial charge in [-0.25, -0.2) is 4.98 Å². The number of aromatic nitrogens is 1. The van der Waals surface area contributed by atoms with Crippen molar-refractivity contribution in [2.75, 3.05) is 18.5 Å². The minimum absolute atomic E-state index is 0.161. The largest absolute Gasteiger partial charge is 0.488 e. The summed E-state index contributed by atoms with van der Waals surface area (Å²) in [4.78, 5) is 17.5. The molecule has 1 N–H and O–H groups in total. The molecule has 0 saturated carbocycles. The Kier molecular flexibility index (Phi) is 7.28. The van der Waals surface area contributed by atoms with E-state index >= 15 is 0 Å². The van der Waals surface area contributed by atoms with Crippen LogP contribution in [0.15, 0.2) is 52.3 Å². The summed E-state index contributed by atoms with van der Waals surface area (Å²) in [5.41, 5.74) is 4.06. The van der Waals surface area contributed by atoms with Crippen LogP contribution in [0.1, 0.15) is 24.0 Å². The Bertz CT molecular complexity index is 972. The fourth-order valence-electron chi connectivity index (χ4n) is 2.84. The normalized spacial score (nSPS) is 10.7. The second-order valence-electron chi connectivity index (χ2n) is 6.85. The monoisotopic (exact) mass is 474 g/mol. The van der Waals surface area contributed by atoms with E-state index in [-0.39, 0.29) is 6.42 Å². The van der Waals surface area contributed by atoms with E-state index in [0.717, 1.165) is 37.7 Å². The third kappa shape index (κ3) is 6.05. The summed E-state index contributed by atoms with van der Waals surface area (Å²) < 4.78 is 7.15. The minimum atomic E-state index is -0.773. The second-order valence-corrected chi connectivity index (χ2v) is 8.60. The molecule has 1 heterocycles. The van der Waals surface area contributed by atoms with E-state index in [1.54, 1.807) is 11.3 Å². The average Bonchev–Trinajstić information content (AvgIpc) is 3.18. The molecule has 29 heavy (non-hydrogen) atoms. The van der Waals surface area contributed by atoms with Crippen LogP contribution in [0, 0.1) is 6.92 Å².